The normalized spacial score (nSPS) is 17.6. The number of amides is 6. The molecule has 6 amide bonds. The number of aromatic nitrogens is 3. The van der Waals surface area contributed by atoms with Gasteiger partial charge in [0.1, 0.15) is 23.8 Å². The lowest BCUT2D eigenvalue weighted by molar-refractivity contribution is -0.133. The minimum absolute atomic E-state index is 0.0370. The third-order valence-electron chi connectivity index (χ3n) is 22.2. The van der Waals surface area contributed by atoms with Crippen molar-refractivity contribution in [1.82, 2.24) is 35.4 Å². The summed E-state index contributed by atoms with van der Waals surface area (Å²) in [6.45, 7) is 8.48. The van der Waals surface area contributed by atoms with Crippen LogP contribution in [0.5, 0.6) is 28.7 Å². The van der Waals surface area contributed by atoms with Gasteiger partial charge in [-0.15, -0.1) is 5.10 Å². The number of carbonyl (C=O) groups excluding carboxylic acids is 9. The maximum atomic E-state index is 14.5. The maximum absolute atomic E-state index is 14.5. The van der Waals surface area contributed by atoms with Crippen molar-refractivity contribution in [3.05, 3.63) is 166 Å². The molecular weight excluding hydrogens is 1400 g/mol. The van der Waals surface area contributed by atoms with Crippen LogP contribution in [-0.2, 0) is 66.0 Å². The Hall–Kier alpha value is -11.2. The molecule has 5 aliphatic heterocycles. The number of carbonyl (C=O) groups is 9. The lowest BCUT2D eigenvalue weighted by Gasteiger charge is -2.31. The number of fused-ring (bicyclic) bond motifs is 9. The monoisotopic (exact) mass is 1500 g/mol. The number of Topliss-reactive ketones (excluding diaryl/α,β-unsaturated/α-hetero) is 3. The Labute approximate surface area is 639 Å². The SMILES string of the molecule is CCn1nnc2c1-c1ccccc1CN(C(=O)CCC(=O)CCC(=O)NCC(=O)C[C@H](C(=O)N[C@@H](C)C(=O)Cc1ccc(COC(=O)N3c4cc(OCCCCCOc5cc6c(cc5OC)C(=O)N5C=C(c7ccc(OC)cc7)C[C@H]5CC6)c(OC)cc4C(=O)N4CC5(CC5)C[C@H]4[C@@H]3O)cc1)C(C)C)c1ccccc1-2. The topological polar surface area (TPSA) is 297 Å². The zero-order chi connectivity index (χ0) is 77.5. The number of rotatable bonds is 31. The highest BCUT2D eigenvalue weighted by Crippen LogP contribution is 2.57. The van der Waals surface area contributed by atoms with Crippen LogP contribution in [-0.4, -0.2) is 155 Å². The van der Waals surface area contributed by atoms with Crippen molar-refractivity contribution >= 4 is 69.9 Å². The van der Waals surface area contributed by atoms with Crippen LogP contribution in [0.1, 0.15) is 160 Å². The second-order valence-electron chi connectivity index (χ2n) is 29.8. The van der Waals surface area contributed by atoms with Crippen LogP contribution < -0.4 is 44.1 Å². The smallest absolute Gasteiger partial charge is 0.416 e. The van der Waals surface area contributed by atoms with E-state index in [1.54, 1.807) is 87.3 Å². The number of nitrogens with zero attached hydrogens (tertiary/aromatic N) is 7. The number of methoxy groups -OCH3 is 3. The summed E-state index contributed by atoms with van der Waals surface area (Å²) in [6, 6.07) is 35.2. The molecule has 1 saturated heterocycles. The molecule has 2 fully saturated rings. The van der Waals surface area contributed by atoms with E-state index in [1.165, 1.54) is 7.11 Å². The molecule has 6 aliphatic rings. The minimum Gasteiger partial charge on any atom is -0.497 e. The van der Waals surface area contributed by atoms with E-state index in [9.17, 15) is 48.3 Å². The summed E-state index contributed by atoms with van der Waals surface area (Å²) in [7, 11) is 4.67. The van der Waals surface area contributed by atoms with Crippen LogP contribution >= 0.6 is 0 Å². The summed E-state index contributed by atoms with van der Waals surface area (Å²) in [5, 5.41) is 26.5. The van der Waals surface area contributed by atoms with E-state index in [2.05, 4.69) is 20.9 Å². The van der Waals surface area contributed by atoms with Gasteiger partial charge in [0.25, 0.3) is 11.8 Å². The fourth-order valence-electron chi connectivity index (χ4n) is 15.6. The molecule has 5 atom stereocenters. The number of ketones is 3. The Kier molecular flexibility index (Phi) is 23.6. The number of ether oxygens (including phenoxy) is 6. The first kappa shape index (κ1) is 77.0. The summed E-state index contributed by atoms with van der Waals surface area (Å²) in [4.78, 5) is 130. The third kappa shape index (κ3) is 16.8. The number of nitrogens with one attached hydrogen (secondary N) is 2. The van der Waals surface area contributed by atoms with Gasteiger partial charge >= 0.3 is 6.09 Å². The highest BCUT2D eigenvalue weighted by Gasteiger charge is 2.58. The van der Waals surface area contributed by atoms with Gasteiger partial charge < -0.3 is 58.9 Å². The number of para-hydroxylation sites is 1. The van der Waals surface area contributed by atoms with E-state index < -0.39 is 47.9 Å². The number of aliphatic hydroxyl groups excluding tert-OH is 1. The highest BCUT2D eigenvalue weighted by atomic mass is 16.6. The quantitative estimate of drug-likeness (QED) is 0.0340. The first-order valence-corrected chi connectivity index (χ1v) is 38.1. The number of anilines is 2. The molecule has 110 heavy (non-hydrogen) atoms. The van der Waals surface area contributed by atoms with Crippen molar-refractivity contribution in [2.45, 2.75) is 168 Å². The lowest BCUT2D eigenvalue weighted by atomic mass is 9.89. The summed E-state index contributed by atoms with van der Waals surface area (Å²) in [6.07, 6.45) is 5.40. The molecule has 1 aliphatic carbocycles. The largest absolute Gasteiger partial charge is 0.497 e. The highest BCUT2D eigenvalue weighted by molar-refractivity contribution is 6.07. The molecule has 6 heterocycles. The second-order valence-corrected chi connectivity index (χ2v) is 29.8. The van der Waals surface area contributed by atoms with Gasteiger partial charge in [0.05, 0.1) is 82.3 Å². The molecule has 13 rings (SSSR count). The van der Waals surface area contributed by atoms with Crippen molar-refractivity contribution in [3.63, 3.8) is 0 Å². The Bertz CT molecular complexity index is 4700. The zero-order valence-electron chi connectivity index (χ0n) is 63.3. The molecule has 1 aromatic heterocycles. The molecule has 1 spiro atoms. The van der Waals surface area contributed by atoms with E-state index in [0.717, 1.165) is 75.4 Å². The van der Waals surface area contributed by atoms with Gasteiger partial charge in [-0.1, -0.05) is 97.9 Å². The zero-order valence-corrected chi connectivity index (χ0v) is 63.3. The minimum atomic E-state index is -1.46. The van der Waals surface area contributed by atoms with Crippen molar-refractivity contribution in [3.8, 4) is 51.3 Å². The summed E-state index contributed by atoms with van der Waals surface area (Å²) < 4.78 is 37.3. The van der Waals surface area contributed by atoms with Crippen molar-refractivity contribution < 1.29 is 76.7 Å². The van der Waals surface area contributed by atoms with E-state index in [1.807, 2.05) is 102 Å². The molecule has 0 unspecified atom stereocenters. The van der Waals surface area contributed by atoms with E-state index >= 15 is 0 Å². The lowest BCUT2D eigenvalue weighted by Crippen LogP contribution is -2.50. The van der Waals surface area contributed by atoms with E-state index in [4.69, 9.17) is 28.4 Å². The Morgan fingerprint density at radius 2 is 1.37 bits per heavy atom. The van der Waals surface area contributed by atoms with Crippen LogP contribution in [0.25, 0.3) is 28.1 Å². The molecule has 25 heteroatoms. The van der Waals surface area contributed by atoms with Crippen LogP contribution in [0, 0.1) is 17.3 Å². The predicted octanol–water partition coefficient (Wildman–Crippen LogP) is 11.6. The molecular formula is C85H95N9O16. The van der Waals surface area contributed by atoms with Gasteiger partial charge in [-0.25, -0.2) is 14.4 Å². The van der Waals surface area contributed by atoms with Crippen molar-refractivity contribution in [2.24, 2.45) is 17.3 Å². The number of hydrogen-bond acceptors (Lipinski definition) is 18. The Morgan fingerprint density at radius 3 is 2.07 bits per heavy atom. The fraction of sp³-hybridized carbons (Fsp3) is 0.424. The number of aryl methyl sites for hydroxylation is 2. The van der Waals surface area contributed by atoms with Crippen LogP contribution in [0.15, 0.2) is 128 Å². The fourth-order valence-corrected chi connectivity index (χ4v) is 15.6. The molecule has 0 radical (unpaired) electrons. The Morgan fingerprint density at radius 1 is 0.691 bits per heavy atom. The number of aliphatic hydroxyl groups is 1. The standard InChI is InChI=1S/C85H95N9O16/c1-8-93-79-63-17-11-10-16-57(63)47-91(68-19-13-12-18-64(68)78(79)88-89-93)77(99)33-29-60(95)28-32-76(98)86-46-61(96)41-65(51(2)3)80(100)87-52(4)71(97)38-53-20-22-54(23-21-53)49-110-84(104)94-69-44-75(73(107-7)43-67(69)82(102)92-50-85(34-35-85)45-70(92)83(94)103)109-37-15-9-14-36-108-74-40-56-24-27-59-39-58(55-25-30-62(105-5)31-26-55)48-90(59)81(101)66(56)42-72(74)106-6/h10-13,16-23,25-26,30-31,40,42-44,48,51-52,59,65,70,83,103H,8-9,14-15,24,27-29,32-39,41,45-47,49-50H2,1-7H3,(H,86,98)(H,87,100)/t52-,59+,65-,70-,83-/m0/s1. The first-order chi connectivity index (χ1) is 53.1. The molecule has 6 aromatic carbocycles. The van der Waals surface area contributed by atoms with Crippen LogP contribution in [0.3, 0.4) is 0 Å². The molecule has 0 bridgehead atoms. The molecule has 1 saturated carbocycles. The number of unbranched alkanes of at least 4 members (excludes halogenated alkanes) is 2. The summed E-state index contributed by atoms with van der Waals surface area (Å²) in [5.74, 6) is -1.48. The average Bonchev–Trinajstić information content (AvgIpc) is 1.56. The van der Waals surface area contributed by atoms with Gasteiger partial charge in [0.15, 0.2) is 40.8 Å². The van der Waals surface area contributed by atoms with Crippen molar-refractivity contribution in [1.29, 1.82) is 0 Å². The van der Waals surface area contributed by atoms with E-state index in [0.29, 0.717) is 91.4 Å². The van der Waals surface area contributed by atoms with Gasteiger partial charge in [-0.2, -0.15) is 0 Å². The summed E-state index contributed by atoms with van der Waals surface area (Å²) in [5.41, 5.74) is 9.73. The molecule has 576 valence electrons. The van der Waals surface area contributed by atoms with E-state index in [-0.39, 0.29) is 134 Å². The molecule has 3 N–H and O–H groups in total. The predicted molar refractivity (Wildman–Crippen MR) is 409 cm³/mol. The van der Waals surface area contributed by atoms with Crippen LogP contribution in [0.4, 0.5) is 16.2 Å². The number of hydrogen-bond donors (Lipinski definition) is 3. The third-order valence-corrected chi connectivity index (χ3v) is 22.2. The second kappa shape index (κ2) is 33.7. The molecule has 7 aromatic rings. The maximum Gasteiger partial charge on any atom is 0.416 e. The van der Waals surface area contributed by atoms with Gasteiger partial charge in [0.2, 0.25) is 17.7 Å². The van der Waals surface area contributed by atoms with Gasteiger partial charge in [-0.05, 0) is 153 Å². The van der Waals surface area contributed by atoms with Crippen molar-refractivity contribution in [2.75, 3.05) is 57.4 Å². The molecule has 25 nitrogen and oxygen atoms in total. The summed E-state index contributed by atoms with van der Waals surface area (Å²) >= 11 is 0. The number of benzene rings is 6. The van der Waals surface area contributed by atoms with Crippen LogP contribution in [0.2, 0.25) is 0 Å². The Balaban J connectivity index is 0.556. The van der Waals surface area contributed by atoms with Gasteiger partial charge in [0, 0.05) is 92.5 Å². The van der Waals surface area contributed by atoms with Gasteiger partial charge in [-0.3, -0.25) is 38.4 Å². The average molecular weight is 1500 g/mol. The first-order valence-electron chi connectivity index (χ1n) is 38.1.